The molecule has 3 nitrogen and oxygen atoms in total. The highest BCUT2D eigenvalue weighted by atomic mass is 32.2. The molecule has 1 saturated heterocycles. The SMILES string of the molecule is CCCc1ccc(C(O)C2CCS(=O)(=O)C2)cc1. The van der Waals surface area contributed by atoms with E-state index in [-0.39, 0.29) is 17.4 Å². The van der Waals surface area contributed by atoms with Crippen LogP contribution in [0.5, 0.6) is 0 Å². The van der Waals surface area contributed by atoms with Gasteiger partial charge in [-0.3, -0.25) is 0 Å². The lowest BCUT2D eigenvalue weighted by Crippen LogP contribution is -2.14. The molecule has 1 aromatic carbocycles. The predicted octanol–water partition coefficient (Wildman–Crippen LogP) is 2.11. The molecule has 2 unspecified atom stereocenters. The Bertz CT molecular complexity index is 490. The summed E-state index contributed by atoms with van der Waals surface area (Å²) in [5, 5.41) is 10.2. The maximum atomic E-state index is 11.4. The van der Waals surface area contributed by atoms with Gasteiger partial charge in [0.05, 0.1) is 17.6 Å². The zero-order chi connectivity index (χ0) is 13.2. The number of aliphatic hydroxyl groups is 1. The van der Waals surface area contributed by atoms with Crippen molar-refractivity contribution in [2.45, 2.75) is 32.3 Å². The first-order valence-electron chi connectivity index (χ1n) is 6.49. The Balaban J connectivity index is 2.07. The zero-order valence-corrected chi connectivity index (χ0v) is 11.5. The summed E-state index contributed by atoms with van der Waals surface area (Å²) in [7, 11) is -2.93. The van der Waals surface area contributed by atoms with Crippen LogP contribution in [0, 0.1) is 5.92 Å². The number of aryl methyl sites for hydroxylation is 1. The average Bonchev–Trinajstić information content (AvgIpc) is 2.70. The van der Waals surface area contributed by atoms with Crippen molar-refractivity contribution in [2.75, 3.05) is 11.5 Å². The third-order valence-electron chi connectivity index (χ3n) is 3.57. The molecule has 0 radical (unpaired) electrons. The Morgan fingerprint density at radius 3 is 2.50 bits per heavy atom. The minimum absolute atomic E-state index is 0.116. The summed E-state index contributed by atoms with van der Waals surface area (Å²) < 4.78 is 22.8. The Morgan fingerprint density at radius 2 is 2.00 bits per heavy atom. The molecule has 1 N–H and O–H groups in total. The average molecular weight is 268 g/mol. The highest BCUT2D eigenvalue weighted by molar-refractivity contribution is 7.91. The number of benzene rings is 1. The first kappa shape index (κ1) is 13.6. The van der Waals surface area contributed by atoms with E-state index in [1.165, 1.54) is 5.56 Å². The molecule has 1 fully saturated rings. The Morgan fingerprint density at radius 1 is 1.33 bits per heavy atom. The van der Waals surface area contributed by atoms with Gasteiger partial charge in [-0.2, -0.15) is 0 Å². The molecule has 0 amide bonds. The van der Waals surface area contributed by atoms with Gasteiger partial charge in [-0.25, -0.2) is 8.42 Å². The summed E-state index contributed by atoms with van der Waals surface area (Å²) in [5.41, 5.74) is 2.09. The largest absolute Gasteiger partial charge is 0.388 e. The van der Waals surface area contributed by atoms with Crippen molar-refractivity contribution in [3.05, 3.63) is 35.4 Å². The summed E-state index contributed by atoms with van der Waals surface area (Å²) in [6.45, 7) is 2.13. The molecule has 18 heavy (non-hydrogen) atoms. The van der Waals surface area contributed by atoms with Gasteiger partial charge in [-0.05, 0) is 24.0 Å². The Kier molecular flexibility index (Phi) is 4.07. The lowest BCUT2D eigenvalue weighted by molar-refractivity contribution is 0.121. The topological polar surface area (TPSA) is 54.4 Å². The molecule has 1 aromatic rings. The lowest BCUT2D eigenvalue weighted by Gasteiger charge is -2.17. The number of hydrogen-bond donors (Lipinski definition) is 1. The van der Waals surface area contributed by atoms with E-state index in [4.69, 9.17) is 0 Å². The van der Waals surface area contributed by atoms with Gasteiger partial charge in [0.25, 0.3) is 0 Å². The molecule has 2 atom stereocenters. The fourth-order valence-electron chi connectivity index (χ4n) is 2.52. The van der Waals surface area contributed by atoms with E-state index in [9.17, 15) is 13.5 Å². The van der Waals surface area contributed by atoms with E-state index < -0.39 is 15.9 Å². The zero-order valence-electron chi connectivity index (χ0n) is 10.7. The molecule has 1 aliphatic heterocycles. The highest BCUT2D eigenvalue weighted by Gasteiger charge is 2.33. The van der Waals surface area contributed by atoms with Crippen LogP contribution in [0.2, 0.25) is 0 Å². The molecule has 0 aliphatic carbocycles. The van der Waals surface area contributed by atoms with Gasteiger partial charge in [0, 0.05) is 5.92 Å². The first-order chi connectivity index (χ1) is 8.52. The van der Waals surface area contributed by atoms with Crippen molar-refractivity contribution < 1.29 is 13.5 Å². The maximum absolute atomic E-state index is 11.4. The fourth-order valence-corrected chi connectivity index (χ4v) is 4.34. The minimum Gasteiger partial charge on any atom is -0.388 e. The van der Waals surface area contributed by atoms with E-state index in [1.54, 1.807) is 0 Å². The van der Waals surface area contributed by atoms with Gasteiger partial charge < -0.3 is 5.11 Å². The van der Waals surface area contributed by atoms with Crippen LogP contribution < -0.4 is 0 Å². The summed E-state index contributed by atoms with van der Waals surface area (Å²) >= 11 is 0. The van der Waals surface area contributed by atoms with Crippen LogP contribution in [-0.2, 0) is 16.3 Å². The predicted molar refractivity (Wildman–Crippen MR) is 72.2 cm³/mol. The molecule has 0 bridgehead atoms. The van der Waals surface area contributed by atoms with Gasteiger partial charge in [-0.1, -0.05) is 37.6 Å². The monoisotopic (exact) mass is 268 g/mol. The van der Waals surface area contributed by atoms with Crippen LogP contribution in [0.4, 0.5) is 0 Å². The van der Waals surface area contributed by atoms with E-state index >= 15 is 0 Å². The molecule has 0 saturated carbocycles. The van der Waals surface area contributed by atoms with E-state index in [2.05, 4.69) is 6.92 Å². The number of sulfone groups is 1. The third kappa shape index (κ3) is 3.12. The van der Waals surface area contributed by atoms with Gasteiger partial charge in [0.1, 0.15) is 0 Å². The second kappa shape index (κ2) is 5.41. The van der Waals surface area contributed by atoms with Crippen LogP contribution in [-0.4, -0.2) is 25.0 Å². The molecule has 100 valence electrons. The summed E-state index contributed by atoms with van der Waals surface area (Å²) in [6, 6.07) is 7.87. The summed E-state index contributed by atoms with van der Waals surface area (Å²) in [4.78, 5) is 0. The van der Waals surface area contributed by atoms with Crippen LogP contribution in [0.15, 0.2) is 24.3 Å². The molecular formula is C14H20O3S. The summed E-state index contributed by atoms with van der Waals surface area (Å²) in [6.07, 6.45) is 2.05. The quantitative estimate of drug-likeness (QED) is 0.910. The van der Waals surface area contributed by atoms with Crippen LogP contribution >= 0.6 is 0 Å². The maximum Gasteiger partial charge on any atom is 0.150 e. The van der Waals surface area contributed by atoms with Crippen LogP contribution in [0.3, 0.4) is 0 Å². The number of rotatable bonds is 4. The van der Waals surface area contributed by atoms with Gasteiger partial charge in [0.15, 0.2) is 9.84 Å². The Hall–Kier alpha value is -0.870. The van der Waals surface area contributed by atoms with E-state index in [0.717, 1.165) is 18.4 Å². The van der Waals surface area contributed by atoms with Gasteiger partial charge in [0.2, 0.25) is 0 Å². The van der Waals surface area contributed by atoms with Crippen molar-refractivity contribution in [3.8, 4) is 0 Å². The molecule has 1 aliphatic rings. The van der Waals surface area contributed by atoms with Crippen molar-refractivity contribution in [1.29, 1.82) is 0 Å². The second-order valence-electron chi connectivity index (χ2n) is 5.10. The van der Waals surface area contributed by atoms with E-state index in [0.29, 0.717) is 6.42 Å². The third-order valence-corrected chi connectivity index (χ3v) is 5.37. The Labute approximate surface area is 109 Å². The van der Waals surface area contributed by atoms with Crippen molar-refractivity contribution in [3.63, 3.8) is 0 Å². The highest BCUT2D eigenvalue weighted by Crippen LogP contribution is 2.31. The second-order valence-corrected chi connectivity index (χ2v) is 7.33. The molecule has 4 heteroatoms. The first-order valence-corrected chi connectivity index (χ1v) is 8.31. The molecule has 2 rings (SSSR count). The summed E-state index contributed by atoms with van der Waals surface area (Å²) in [5.74, 6) is 0.181. The van der Waals surface area contributed by atoms with Crippen molar-refractivity contribution >= 4 is 9.84 Å². The number of aliphatic hydroxyl groups excluding tert-OH is 1. The van der Waals surface area contributed by atoms with Crippen LogP contribution in [0.25, 0.3) is 0 Å². The molecule has 0 aromatic heterocycles. The van der Waals surface area contributed by atoms with E-state index in [1.807, 2.05) is 24.3 Å². The number of hydrogen-bond acceptors (Lipinski definition) is 3. The fraction of sp³-hybridized carbons (Fsp3) is 0.571. The molecular weight excluding hydrogens is 248 g/mol. The standard InChI is InChI=1S/C14H20O3S/c1-2-3-11-4-6-12(7-5-11)14(15)13-8-9-18(16,17)10-13/h4-7,13-15H,2-3,8-10H2,1H3. The minimum atomic E-state index is -2.93. The van der Waals surface area contributed by atoms with Crippen molar-refractivity contribution in [2.24, 2.45) is 5.92 Å². The lowest BCUT2D eigenvalue weighted by atomic mass is 9.94. The van der Waals surface area contributed by atoms with Crippen molar-refractivity contribution in [1.82, 2.24) is 0 Å². The van der Waals surface area contributed by atoms with Gasteiger partial charge >= 0.3 is 0 Å². The molecule has 0 spiro atoms. The molecule has 1 heterocycles. The normalized spacial score (nSPS) is 24.0. The van der Waals surface area contributed by atoms with Crippen LogP contribution in [0.1, 0.15) is 37.0 Å². The van der Waals surface area contributed by atoms with Gasteiger partial charge in [-0.15, -0.1) is 0 Å². The smallest absolute Gasteiger partial charge is 0.150 e.